The maximum Gasteiger partial charge on any atom is 0.0507 e. The molecule has 0 unspecified atom stereocenters. The Hall–Kier alpha value is -1.58. The number of fused-ring (bicyclic) bond motifs is 3. The van der Waals surface area contributed by atoms with Gasteiger partial charge in [-0.25, -0.2) is 0 Å². The number of hydrogen-bond acceptors (Lipinski definition) is 2. The van der Waals surface area contributed by atoms with Gasteiger partial charge in [0, 0.05) is 41.1 Å². The molecule has 0 radical (unpaired) electrons. The fourth-order valence-corrected chi connectivity index (χ4v) is 5.86. The van der Waals surface area contributed by atoms with Crippen molar-refractivity contribution in [2.24, 2.45) is 0 Å². The topological polar surface area (TPSA) is 8.17 Å². The molecule has 1 aromatic carbocycles. The second-order valence-electron chi connectivity index (χ2n) is 7.79. The zero-order valence-corrected chi connectivity index (χ0v) is 16.0. The molecule has 0 saturated heterocycles. The number of thiophene rings is 1. The lowest BCUT2D eigenvalue weighted by atomic mass is 9.90. The molecule has 0 bridgehead atoms. The van der Waals surface area contributed by atoms with Crippen LogP contribution in [0.4, 0.5) is 0 Å². The van der Waals surface area contributed by atoms with Crippen LogP contribution in [0, 0.1) is 13.8 Å². The minimum absolute atomic E-state index is 0.598. The van der Waals surface area contributed by atoms with Gasteiger partial charge in [0.2, 0.25) is 0 Å². The molecule has 3 heteroatoms. The highest BCUT2D eigenvalue weighted by molar-refractivity contribution is 7.10. The van der Waals surface area contributed by atoms with Gasteiger partial charge >= 0.3 is 0 Å². The van der Waals surface area contributed by atoms with E-state index in [-0.39, 0.29) is 0 Å². The summed E-state index contributed by atoms with van der Waals surface area (Å²) in [7, 11) is 0. The standard InChI is InChI=1S/C22H26N2S/c1-15-7-8-19-18(13-15)17-5-3-6-20-22(17)24(19)11-4-10-23(20)14-21-16(2)9-12-25-21/h7-9,12-13,20H,3-6,10-11,14H2,1-2H3/t20-/m0/s1. The van der Waals surface area contributed by atoms with E-state index in [1.54, 1.807) is 16.1 Å². The molecule has 0 spiro atoms. The molecule has 130 valence electrons. The first kappa shape index (κ1) is 15.7. The average molecular weight is 351 g/mol. The maximum atomic E-state index is 2.77. The molecule has 0 saturated carbocycles. The lowest BCUT2D eigenvalue weighted by Gasteiger charge is -2.33. The quantitative estimate of drug-likeness (QED) is 0.584. The summed E-state index contributed by atoms with van der Waals surface area (Å²) in [6.45, 7) is 7.99. The number of aryl methyl sites for hydroxylation is 4. The van der Waals surface area contributed by atoms with Crippen molar-refractivity contribution < 1.29 is 0 Å². The van der Waals surface area contributed by atoms with Crippen molar-refractivity contribution >= 4 is 22.2 Å². The molecular formula is C22H26N2S. The minimum atomic E-state index is 0.598. The SMILES string of the molecule is Cc1ccc2c(c1)c1c3n2CCCN(Cc2sccc2C)[C@H]3CCC1. The summed E-state index contributed by atoms with van der Waals surface area (Å²) in [4.78, 5) is 4.32. The molecule has 3 heterocycles. The van der Waals surface area contributed by atoms with Gasteiger partial charge in [-0.1, -0.05) is 11.6 Å². The minimum Gasteiger partial charge on any atom is -0.343 e. The van der Waals surface area contributed by atoms with Gasteiger partial charge in [0.1, 0.15) is 0 Å². The van der Waals surface area contributed by atoms with Crippen LogP contribution in [-0.4, -0.2) is 16.0 Å². The van der Waals surface area contributed by atoms with Crippen molar-refractivity contribution in [1.29, 1.82) is 0 Å². The smallest absolute Gasteiger partial charge is 0.0507 e. The normalized spacial score (nSPS) is 20.6. The van der Waals surface area contributed by atoms with E-state index in [9.17, 15) is 0 Å². The van der Waals surface area contributed by atoms with Crippen LogP contribution >= 0.6 is 11.3 Å². The van der Waals surface area contributed by atoms with Crippen LogP contribution in [0.15, 0.2) is 29.6 Å². The Balaban J connectivity index is 1.63. The third-order valence-electron chi connectivity index (χ3n) is 6.17. The highest BCUT2D eigenvalue weighted by Crippen LogP contribution is 2.43. The third-order valence-corrected chi connectivity index (χ3v) is 7.18. The lowest BCUT2D eigenvalue weighted by molar-refractivity contribution is 0.175. The molecule has 1 atom stereocenters. The maximum absolute atomic E-state index is 2.77. The van der Waals surface area contributed by atoms with Gasteiger partial charge in [-0.3, -0.25) is 4.90 Å². The van der Waals surface area contributed by atoms with E-state index in [1.165, 1.54) is 60.8 Å². The fraction of sp³-hybridized carbons (Fsp3) is 0.455. The van der Waals surface area contributed by atoms with Gasteiger partial charge in [-0.05, 0) is 74.2 Å². The first-order chi connectivity index (χ1) is 12.2. The number of benzene rings is 1. The van der Waals surface area contributed by atoms with Gasteiger partial charge < -0.3 is 4.57 Å². The van der Waals surface area contributed by atoms with E-state index in [4.69, 9.17) is 0 Å². The van der Waals surface area contributed by atoms with Crippen molar-refractivity contribution in [3.8, 4) is 0 Å². The summed E-state index contributed by atoms with van der Waals surface area (Å²) in [5.74, 6) is 0. The predicted molar refractivity (Wildman–Crippen MR) is 106 cm³/mol. The van der Waals surface area contributed by atoms with Crippen LogP contribution < -0.4 is 0 Å². The molecule has 25 heavy (non-hydrogen) atoms. The summed E-state index contributed by atoms with van der Waals surface area (Å²) in [6, 6.07) is 9.93. The van der Waals surface area contributed by atoms with Crippen molar-refractivity contribution in [2.75, 3.05) is 6.54 Å². The predicted octanol–water partition coefficient (Wildman–Crippen LogP) is 5.60. The summed E-state index contributed by atoms with van der Waals surface area (Å²) in [5, 5.41) is 3.77. The molecule has 5 rings (SSSR count). The molecule has 1 aliphatic carbocycles. The average Bonchev–Trinajstić information content (AvgIpc) is 3.08. The third kappa shape index (κ3) is 2.48. The summed E-state index contributed by atoms with van der Waals surface area (Å²) in [5.41, 5.74) is 7.60. The molecule has 3 aromatic rings. The second kappa shape index (κ2) is 6.00. The molecule has 1 aliphatic heterocycles. The summed E-state index contributed by atoms with van der Waals surface area (Å²) < 4.78 is 2.66. The fourth-order valence-electron chi connectivity index (χ4n) is 4.93. The van der Waals surface area contributed by atoms with E-state index >= 15 is 0 Å². The number of nitrogens with zero attached hydrogens (tertiary/aromatic N) is 2. The van der Waals surface area contributed by atoms with E-state index in [0.717, 1.165) is 6.54 Å². The monoisotopic (exact) mass is 350 g/mol. The van der Waals surface area contributed by atoms with Crippen molar-refractivity contribution in [2.45, 2.75) is 58.7 Å². The highest BCUT2D eigenvalue weighted by atomic mass is 32.1. The Morgan fingerprint density at radius 2 is 2.04 bits per heavy atom. The Morgan fingerprint density at radius 3 is 2.88 bits per heavy atom. The van der Waals surface area contributed by atoms with E-state index in [2.05, 4.69) is 53.0 Å². The van der Waals surface area contributed by atoms with Gasteiger partial charge in [-0.2, -0.15) is 0 Å². The number of rotatable bonds is 2. The number of aromatic nitrogens is 1. The van der Waals surface area contributed by atoms with Crippen LogP contribution in [0.1, 0.15) is 52.6 Å². The van der Waals surface area contributed by atoms with Crippen LogP contribution in [0.25, 0.3) is 10.9 Å². The molecule has 0 amide bonds. The Bertz CT molecular complexity index is 929. The van der Waals surface area contributed by atoms with Gasteiger partial charge in [0.05, 0.1) is 6.04 Å². The van der Waals surface area contributed by atoms with E-state index < -0.39 is 0 Å². The molecule has 2 aliphatic rings. The zero-order chi connectivity index (χ0) is 17.0. The lowest BCUT2D eigenvalue weighted by Crippen LogP contribution is -2.30. The second-order valence-corrected chi connectivity index (χ2v) is 8.80. The molecule has 2 aromatic heterocycles. The van der Waals surface area contributed by atoms with Gasteiger partial charge in [0.15, 0.2) is 0 Å². The van der Waals surface area contributed by atoms with Crippen molar-refractivity contribution in [3.05, 3.63) is 56.9 Å². The molecule has 2 nitrogen and oxygen atoms in total. The summed E-state index contributed by atoms with van der Waals surface area (Å²) in [6.07, 6.45) is 5.15. The highest BCUT2D eigenvalue weighted by Gasteiger charge is 2.33. The first-order valence-corrected chi connectivity index (χ1v) is 10.5. The van der Waals surface area contributed by atoms with E-state index in [1.807, 2.05) is 11.3 Å². The molecular weight excluding hydrogens is 324 g/mol. The number of hydrogen-bond donors (Lipinski definition) is 0. The Kier molecular flexibility index (Phi) is 3.76. The van der Waals surface area contributed by atoms with Crippen LogP contribution in [0.5, 0.6) is 0 Å². The first-order valence-electron chi connectivity index (χ1n) is 9.61. The summed E-state index contributed by atoms with van der Waals surface area (Å²) >= 11 is 1.92. The van der Waals surface area contributed by atoms with Gasteiger partial charge in [0.25, 0.3) is 0 Å². The Labute approximate surface area is 154 Å². The van der Waals surface area contributed by atoms with Crippen molar-refractivity contribution in [3.63, 3.8) is 0 Å². The van der Waals surface area contributed by atoms with E-state index in [0.29, 0.717) is 6.04 Å². The van der Waals surface area contributed by atoms with Crippen molar-refractivity contribution in [1.82, 2.24) is 9.47 Å². The Morgan fingerprint density at radius 1 is 1.12 bits per heavy atom. The molecule has 0 fully saturated rings. The molecule has 0 N–H and O–H groups in total. The van der Waals surface area contributed by atoms with Crippen LogP contribution in [0.3, 0.4) is 0 Å². The zero-order valence-electron chi connectivity index (χ0n) is 15.2. The van der Waals surface area contributed by atoms with Crippen LogP contribution in [-0.2, 0) is 19.5 Å². The van der Waals surface area contributed by atoms with Crippen LogP contribution in [0.2, 0.25) is 0 Å². The largest absolute Gasteiger partial charge is 0.343 e. The van der Waals surface area contributed by atoms with Gasteiger partial charge in [-0.15, -0.1) is 11.3 Å².